The molecule has 0 aliphatic carbocycles. The Morgan fingerprint density at radius 1 is 1.12 bits per heavy atom. The molecule has 0 radical (unpaired) electrons. The first-order valence-corrected chi connectivity index (χ1v) is 14.0. The van der Waals surface area contributed by atoms with E-state index < -0.39 is 66.0 Å². The van der Waals surface area contributed by atoms with Crippen LogP contribution in [0.15, 0.2) is 52.9 Å². The highest BCUT2D eigenvalue weighted by Gasteiger charge is 2.42. The van der Waals surface area contributed by atoms with E-state index in [-0.39, 0.29) is 30.9 Å². The molecule has 3 amide bonds. The molecular weight excluding hydrogens is 586 g/mol. The highest BCUT2D eigenvalue weighted by Crippen LogP contribution is 2.20. The monoisotopic (exact) mass is 615 g/mol. The third-order valence-electron chi connectivity index (χ3n) is 6.78. The van der Waals surface area contributed by atoms with Gasteiger partial charge in [0.1, 0.15) is 24.4 Å². The van der Waals surface area contributed by atoms with Crippen molar-refractivity contribution in [3.63, 3.8) is 0 Å². The number of nitrogens with one attached hydrogen (secondary N) is 2. The van der Waals surface area contributed by atoms with Gasteiger partial charge in [-0.25, -0.2) is 9.69 Å². The average Bonchev–Trinajstić information content (AvgIpc) is 3.44. The van der Waals surface area contributed by atoms with Crippen molar-refractivity contribution in [3.05, 3.63) is 65.2 Å². The fourth-order valence-electron chi connectivity index (χ4n) is 4.58. The van der Waals surface area contributed by atoms with Gasteiger partial charge in [-0.2, -0.15) is 4.28 Å². The van der Waals surface area contributed by atoms with E-state index in [2.05, 4.69) is 19.5 Å². The van der Waals surface area contributed by atoms with Crippen molar-refractivity contribution in [2.24, 2.45) is 4.40 Å². The van der Waals surface area contributed by atoms with E-state index in [4.69, 9.17) is 9.47 Å². The van der Waals surface area contributed by atoms with Gasteiger partial charge in [-0.3, -0.25) is 24.0 Å². The Labute approximate surface area is 248 Å². The lowest BCUT2D eigenvalue weighted by atomic mass is 10.0. The zero-order chi connectivity index (χ0) is 31.1. The number of benzene rings is 2. The molecule has 3 N–H and O–H groups in total. The van der Waals surface area contributed by atoms with E-state index in [1.807, 2.05) is 0 Å². The first-order chi connectivity index (χ1) is 20.6. The lowest BCUT2D eigenvalue weighted by Crippen LogP contribution is -2.63. The van der Waals surface area contributed by atoms with Crippen molar-refractivity contribution in [3.8, 4) is 5.75 Å². The molecule has 15 nitrogen and oxygen atoms in total. The molecule has 0 saturated carbocycles. The van der Waals surface area contributed by atoms with E-state index in [9.17, 15) is 33.3 Å². The molecule has 16 heteroatoms. The number of aliphatic carboxylic acids is 1. The van der Waals surface area contributed by atoms with E-state index in [0.717, 1.165) is 12.0 Å². The Balaban J connectivity index is 1.60. The Morgan fingerprint density at radius 2 is 1.81 bits per heavy atom. The van der Waals surface area contributed by atoms with Gasteiger partial charge in [0.25, 0.3) is 5.91 Å². The van der Waals surface area contributed by atoms with E-state index >= 15 is 0 Å². The van der Waals surface area contributed by atoms with Crippen LogP contribution in [0.25, 0.3) is 0 Å². The molecule has 1 fully saturated rings. The van der Waals surface area contributed by atoms with Gasteiger partial charge in [0, 0.05) is 30.6 Å². The predicted octanol–water partition coefficient (Wildman–Crippen LogP) is -0.416. The molecule has 0 bridgehead atoms. The van der Waals surface area contributed by atoms with Gasteiger partial charge >= 0.3 is 23.2 Å². The lowest BCUT2D eigenvalue weighted by Gasteiger charge is -2.41. The maximum absolute atomic E-state index is 14.0. The highest BCUT2D eigenvalue weighted by molar-refractivity contribution is 7.79. The summed E-state index contributed by atoms with van der Waals surface area (Å²) in [6.45, 7) is -0.738. The van der Waals surface area contributed by atoms with Crippen LogP contribution in [0.5, 0.6) is 5.75 Å². The third-order valence-corrected chi connectivity index (χ3v) is 7.34. The molecule has 43 heavy (non-hydrogen) atoms. The minimum Gasteiger partial charge on any atom is -0.497 e. The summed E-state index contributed by atoms with van der Waals surface area (Å²) in [5, 5.41) is 11.9. The summed E-state index contributed by atoms with van der Waals surface area (Å²) in [6, 6.07) is 10.4. The Hall–Kier alpha value is -4.83. The van der Waals surface area contributed by atoms with Crippen LogP contribution in [0.4, 0.5) is 0 Å². The fraction of sp³-hybridized carbons (Fsp3) is 0.333. The minimum absolute atomic E-state index is 0.0327. The van der Waals surface area contributed by atoms with Crippen molar-refractivity contribution < 1.29 is 47.0 Å². The number of hydrogen-bond acceptors (Lipinski definition) is 10. The quantitative estimate of drug-likeness (QED) is 0.278. The van der Waals surface area contributed by atoms with Crippen molar-refractivity contribution in [1.82, 2.24) is 20.6 Å². The molecule has 2 aliphatic rings. The smallest absolute Gasteiger partial charge is 0.323 e. The zero-order valence-electron chi connectivity index (χ0n) is 23.2. The summed E-state index contributed by atoms with van der Waals surface area (Å²) in [5.41, 5.74) is 3.81. The second kappa shape index (κ2) is 13.9. The number of methoxy groups -OCH3 is 2. The van der Waals surface area contributed by atoms with Crippen LogP contribution in [0, 0.1) is 0 Å². The van der Waals surface area contributed by atoms with E-state index in [1.165, 1.54) is 24.1 Å². The number of nitrogens with zero attached hydrogens (tertiary/aromatic N) is 3. The van der Waals surface area contributed by atoms with Crippen molar-refractivity contribution in [2.45, 2.75) is 24.9 Å². The molecule has 1 unspecified atom stereocenters. The van der Waals surface area contributed by atoms with Crippen LogP contribution in [0.1, 0.15) is 27.9 Å². The topological polar surface area (TPSA) is 193 Å². The summed E-state index contributed by atoms with van der Waals surface area (Å²) in [7, 11) is 2.65. The lowest BCUT2D eigenvalue weighted by molar-refractivity contribution is -0.159. The number of rotatable bonds is 11. The van der Waals surface area contributed by atoms with Crippen LogP contribution in [-0.4, -0.2) is 101 Å². The van der Waals surface area contributed by atoms with Crippen LogP contribution < -0.4 is 15.5 Å². The molecule has 2 heterocycles. The maximum Gasteiger partial charge on any atom is 0.323 e. The number of amides is 3. The molecule has 0 aromatic heterocycles. The number of amidine groups is 1. The van der Waals surface area contributed by atoms with Gasteiger partial charge in [0.05, 0.1) is 20.6 Å². The molecule has 228 valence electrons. The first-order valence-electron chi connectivity index (χ1n) is 13.0. The molecule has 1 saturated heterocycles. The highest BCUT2D eigenvalue weighted by atomic mass is 32.2. The summed E-state index contributed by atoms with van der Waals surface area (Å²) < 4.78 is 29.7. The van der Waals surface area contributed by atoms with Crippen molar-refractivity contribution in [1.29, 1.82) is 0 Å². The van der Waals surface area contributed by atoms with Gasteiger partial charge in [0.15, 0.2) is 5.84 Å². The predicted molar refractivity (Wildman–Crippen MR) is 150 cm³/mol. The molecule has 2 aromatic carbocycles. The molecule has 2 aliphatic heterocycles. The molecular formula is C27H29N5O10S. The summed E-state index contributed by atoms with van der Waals surface area (Å²) in [4.78, 5) is 66.2. The van der Waals surface area contributed by atoms with E-state index in [1.54, 1.807) is 36.4 Å². The van der Waals surface area contributed by atoms with Crippen molar-refractivity contribution in [2.75, 3.05) is 33.9 Å². The second-order valence-corrected chi connectivity index (χ2v) is 10.3. The Bertz CT molecular complexity index is 1450. The van der Waals surface area contributed by atoms with Gasteiger partial charge in [-0.05, 0) is 29.8 Å². The van der Waals surface area contributed by atoms with E-state index in [0.29, 0.717) is 16.9 Å². The second-order valence-electron chi connectivity index (χ2n) is 9.48. The fourth-order valence-corrected chi connectivity index (χ4v) is 5.06. The molecule has 3 atom stereocenters. The summed E-state index contributed by atoms with van der Waals surface area (Å²) >= 11 is -1.86. The first kappa shape index (κ1) is 31.1. The standard InChI is InChI=1S/C27H29N5O10S/c1-40-19-9-3-16(4-10-19)13-20(28-25(36)18-7-5-17(6-8-18)24-29-42-43(39)30-24)26(37)32-12-11-31(15-22(33)34)27(38)21(32)14-23(35)41-2/h3-10,20-21H,11-15H2,1-2H3,(H,28,36)(H,29,30)(H,33,34)/t20-,21-,43?/m0/s1. The number of esters is 1. The SMILES string of the molecule is COC(=O)C[C@H]1C(=O)N(CC(=O)O)CCN1C(=O)[C@H](Cc1ccc(OC)cc1)NC(=O)c1ccc(C2=NS(=O)ON2)cc1. The van der Waals surface area contributed by atoms with Crippen molar-refractivity contribution >= 4 is 46.8 Å². The van der Waals surface area contributed by atoms with Crippen LogP contribution >= 0.6 is 0 Å². The number of hydroxylamine groups is 1. The number of carbonyl (C=O) groups is 5. The maximum atomic E-state index is 14.0. The van der Waals surface area contributed by atoms with Gasteiger partial charge in [-0.15, -0.1) is 4.40 Å². The third kappa shape index (κ3) is 7.72. The minimum atomic E-state index is -1.86. The zero-order valence-corrected chi connectivity index (χ0v) is 24.0. The van der Waals surface area contributed by atoms with Crippen LogP contribution in [-0.2, 0) is 45.9 Å². The molecule has 0 spiro atoms. The number of carboxylic acids is 1. The number of piperazine rings is 1. The summed E-state index contributed by atoms with van der Waals surface area (Å²) in [5.74, 6) is -3.14. The molecule has 4 rings (SSSR count). The largest absolute Gasteiger partial charge is 0.497 e. The number of carboxylic acid groups (broad SMARTS) is 1. The van der Waals surface area contributed by atoms with Gasteiger partial charge < -0.3 is 29.7 Å². The Morgan fingerprint density at radius 3 is 2.40 bits per heavy atom. The number of ether oxygens (including phenoxy) is 2. The van der Waals surface area contributed by atoms with Crippen LogP contribution in [0.2, 0.25) is 0 Å². The van der Waals surface area contributed by atoms with Gasteiger partial charge in [-0.1, -0.05) is 24.3 Å². The average molecular weight is 616 g/mol. The normalized spacial score (nSPS) is 18.7. The number of carbonyl (C=O) groups excluding carboxylic acids is 4. The molecule has 2 aromatic rings. The Kier molecular flexibility index (Phi) is 10.0. The van der Waals surface area contributed by atoms with Crippen LogP contribution in [0.3, 0.4) is 0 Å². The number of hydrogen-bond donors (Lipinski definition) is 3. The van der Waals surface area contributed by atoms with Gasteiger partial charge in [0.2, 0.25) is 11.8 Å². The summed E-state index contributed by atoms with van der Waals surface area (Å²) in [6.07, 6.45) is -0.459.